The molecule has 3 aromatic rings. The van der Waals surface area contributed by atoms with Crippen molar-refractivity contribution in [3.63, 3.8) is 0 Å². The molecule has 30 heavy (non-hydrogen) atoms. The molecule has 0 fully saturated rings. The lowest BCUT2D eigenvalue weighted by Crippen LogP contribution is -2.20. The molecule has 4 N–H and O–H groups in total. The molecule has 0 aliphatic heterocycles. The summed E-state index contributed by atoms with van der Waals surface area (Å²) in [7, 11) is 0. The molecular weight excluding hydrogens is 378 g/mol. The Bertz CT molecular complexity index is 1080. The van der Waals surface area contributed by atoms with Gasteiger partial charge in [0.1, 0.15) is 5.75 Å². The summed E-state index contributed by atoms with van der Waals surface area (Å²) < 4.78 is 0. The van der Waals surface area contributed by atoms with Crippen LogP contribution in [-0.4, -0.2) is 32.3 Å². The maximum atomic E-state index is 9.56. The number of phenolic OH excluding ortho intramolecular Hbond substituents is 1. The molecule has 1 aromatic heterocycles. The van der Waals surface area contributed by atoms with E-state index in [1.807, 2.05) is 48.6 Å². The minimum atomic E-state index is 0.102. The Labute approximate surface area is 174 Å². The van der Waals surface area contributed by atoms with Crippen LogP contribution in [-0.2, 0) is 0 Å². The molecule has 1 aliphatic carbocycles. The summed E-state index contributed by atoms with van der Waals surface area (Å²) in [6, 6.07) is 16.6. The van der Waals surface area contributed by atoms with Crippen LogP contribution >= 0.6 is 0 Å². The van der Waals surface area contributed by atoms with Gasteiger partial charge in [0, 0.05) is 5.69 Å². The van der Waals surface area contributed by atoms with E-state index in [2.05, 4.69) is 48.3 Å². The van der Waals surface area contributed by atoms with Crippen LogP contribution in [0.15, 0.2) is 84.0 Å². The Morgan fingerprint density at radius 1 is 0.933 bits per heavy atom. The second-order valence-electron chi connectivity index (χ2n) is 6.56. The number of anilines is 4. The number of allylic oxidation sites excluding steroid dienone is 2. The lowest BCUT2D eigenvalue weighted by molar-refractivity contribution is 0.475. The molecule has 0 radical (unpaired) electrons. The Hall–Kier alpha value is -4.20. The zero-order chi connectivity index (χ0) is 20.6. The average Bonchev–Trinajstić information content (AvgIpc) is 2.75. The van der Waals surface area contributed by atoms with E-state index in [0.717, 1.165) is 17.7 Å². The topological polar surface area (TPSA) is 107 Å². The van der Waals surface area contributed by atoms with Gasteiger partial charge in [0.05, 0.1) is 12.3 Å². The van der Waals surface area contributed by atoms with E-state index >= 15 is 0 Å². The van der Waals surface area contributed by atoms with Gasteiger partial charge < -0.3 is 15.7 Å². The first-order chi connectivity index (χ1) is 14.7. The molecule has 1 heterocycles. The SMILES string of the molecule is Oc1cccc(/C=N\Nc2nc(Nc3ccccc3)nc(N[C@H]3C=CC=CC3)n2)c1. The number of phenols is 1. The molecule has 0 spiro atoms. The second kappa shape index (κ2) is 9.33. The van der Waals surface area contributed by atoms with Gasteiger partial charge >= 0.3 is 0 Å². The van der Waals surface area contributed by atoms with E-state index < -0.39 is 0 Å². The van der Waals surface area contributed by atoms with Crippen LogP contribution in [0.25, 0.3) is 0 Å². The van der Waals surface area contributed by atoms with E-state index in [-0.39, 0.29) is 17.7 Å². The summed E-state index contributed by atoms with van der Waals surface area (Å²) >= 11 is 0. The summed E-state index contributed by atoms with van der Waals surface area (Å²) in [5, 5.41) is 20.2. The van der Waals surface area contributed by atoms with Gasteiger partial charge in [0.15, 0.2) is 0 Å². The fraction of sp³-hybridized carbons (Fsp3) is 0.0909. The first-order valence-corrected chi connectivity index (χ1v) is 9.51. The lowest BCUT2D eigenvalue weighted by atomic mass is 10.1. The summed E-state index contributed by atoms with van der Waals surface area (Å²) in [6.45, 7) is 0. The zero-order valence-electron chi connectivity index (χ0n) is 16.1. The summed E-state index contributed by atoms with van der Waals surface area (Å²) in [6.07, 6.45) is 10.6. The van der Waals surface area contributed by atoms with E-state index in [1.54, 1.807) is 24.4 Å². The summed E-state index contributed by atoms with van der Waals surface area (Å²) in [4.78, 5) is 13.3. The molecule has 1 atom stereocenters. The van der Waals surface area contributed by atoms with Gasteiger partial charge in [-0.15, -0.1) is 0 Å². The Kier molecular flexibility index (Phi) is 5.95. The molecule has 4 rings (SSSR count). The largest absolute Gasteiger partial charge is 0.508 e. The number of hydrazone groups is 1. The van der Waals surface area contributed by atoms with Crippen LogP contribution in [0.4, 0.5) is 23.5 Å². The number of aromatic hydroxyl groups is 1. The summed E-state index contributed by atoms with van der Waals surface area (Å²) in [5.41, 5.74) is 4.44. The first-order valence-electron chi connectivity index (χ1n) is 9.51. The van der Waals surface area contributed by atoms with Gasteiger partial charge in [-0.3, -0.25) is 0 Å². The van der Waals surface area contributed by atoms with Crippen molar-refractivity contribution < 1.29 is 5.11 Å². The van der Waals surface area contributed by atoms with Crippen LogP contribution in [0.5, 0.6) is 5.75 Å². The molecule has 8 heteroatoms. The highest BCUT2D eigenvalue weighted by molar-refractivity contribution is 5.80. The fourth-order valence-corrected chi connectivity index (χ4v) is 2.82. The quantitative estimate of drug-likeness (QED) is 0.350. The molecule has 8 nitrogen and oxygen atoms in total. The van der Waals surface area contributed by atoms with Crippen LogP contribution in [0.3, 0.4) is 0 Å². The Morgan fingerprint density at radius 2 is 1.77 bits per heavy atom. The first kappa shape index (κ1) is 19.1. The average molecular weight is 399 g/mol. The van der Waals surface area contributed by atoms with E-state index in [9.17, 15) is 5.11 Å². The van der Waals surface area contributed by atoms with Gasteiger partial charge in [-0.1, -0.05) is 54.6 Å². The van der Waals surface area contributed by atoms with Crippen molar-refractivity contribution in [2.75, 3.05) is 16.1 Å². The van der Waals surface area contributed by atoms with Crippen molar-refractivity contribution in [2.24, 2.45) is 5.10 Å². The van der Waals surface area contributed by atoms with Crippen molar-refractivity contribution in [1.82, 2.24) is 15.0 Å². The normalized spacial score (nSPS) is 15.3. The van der Waals surface area contributed by atoms with Gasteiger partial charge in [0.2, 0.25) is 17.8 Å². The molecule has 2 aromatic carbocycles. The number of nitrogens with zero attached hydrogens (tertiary/aromatic N) is 4. The van der Waals surface area contributed by atoms with Gasteiger partial charge in [-0.2, -0.15) is 20.1 Å². The van der Waals surface area contributed by atoms with Crippen molar-refractivity contribution >= 4 is 29.7 Å². The predicted molar refractivity (Wildman–Crippen MR) is 119 cm³/mol. The van der Waals surface area contributed by atoms with E-state index in [4.69, 9.17) is 0 Å². The smallest absolute Gasteiger partial charge is 0.250 e. The van der Waals surface area contributed by atoms with Gasteiger partial charge in [-0.05, 0) is 36.2 Å². The molecule has 0 bridgehead atoms. The third-order valence-corrected chi connectivity index (χ3v) is 4.21. The van der Waals surface area contributed by atoms with Crippen molar-refractivity contribution in [2.45, 2.75) is 12.5 Å². The number of rotatable bonds is 7. The van der Waals surface area contributed by atoms with Crippen LogP contribution in [0.2, 0.25) is 0 Å². The number of hydrogen-bond acceptors (Lipinski definition) is 8. The van der Waals surface area contributed by atoms with Crippen molar-refractivity contribution in [1.29, 1.82) is 0 Å². The highest BCUT2D eigenvalue weighted by atomic mass is 16.3. The van der Waals surface area contributed by atoms with Crippen molar-refractivity contribution in [3.05, 3.63) is 84.5 Å². The molecular formula is C22H21N7O. The minimum absolute atomic E-state index is 0.102. The Morgan fingerprint density at radius 3 is 2.57 bits per heavy atom. The van der Waals surface area contributed by atoms with E-state index in [1.165, 1.54) is 0 Å². The lowest BCUT2D eigenvalue weighted by Gasteiger charge is -2.16. The highest BCUT2D eigenvalue weighted by Gasteiger charge is 2.11. The minimum Gasteiger partial charge on any atom is -0.508 e. The maximum absolute atomic E-state index is 9.56. The summed E-state index contributed by atoms with van der Waals surface area (Å²) in [5.74, 6) is 1.29. The van der Waals surface area contributed by atoms with Crippen LogP contribution in [0.1, 0.15) is 12.0 Å². The van der Waals surface area contributed by atoms with Gasteiger partial charge in [0.25, 0.3) is 0 Å². The number of nitrogens with one attached hydrogen (secondary N) is 3. The molecule has 1 aliphatic rings. The van der Waals surface area contributed by atoms with Crippen LogP contribution < -0.4 is 16.1 Å². The van der Waals surface area contributed by atoms with Crippen LogP contribution in [0, 0.1) is 0 Å². The number of benzene rings is 2. The third kappa shape index (κ3) is 5.41. The molecule has 0 saturated carbocycles. The molecule has 0 amide bonds. The highest BCUT2D eigenvalue weighted by Crippen LogP contribution is 2.17. The number of para-hydroxylation sites is 1. The molecule has 0 unspecified atom stereocenters. The fourth-order valence-electron chi connectivity index (χ4n) is 2.82. The predicted octanol–water partition coefficient (Wildman–Crippen LogP) is 4.06. The second-order valence-corrected chi connectivity index (χ2v) is 6.56. The Balaban J connectivity index is 1.54. The van der Waals surface area contributed by atoms with E-state index in [0.29, 0.717) is 11.9 Å². The third-order valence-electron chi connectivity index (χ3n) is 4.21. The maximum Gasteiger partial charge on any atom is 0.250 e. The zero-order valence-corrected chi connectivity index (χ0v) is 16.1. The van der Waals surface area contributed by atoms with Crippen molar-refractivity contribution in [3.8, 4) is 5.75 Å². The monoisotopic (exact) mass is 399 g/mol. The molecule has 150 valence electrons. The molecule has 0 saturated heterocycles. The number of aromatic nitrogens is 3. The standard InChI is InChI=1S/C22H21N7O/c30-19-13-7-8-16(14-19)15-23-29-22-27-20(24-17-9-3-1-4-10-17)26-21(28-22)25-18-11-5-2-6-12-18/h1-11,13-15,18,30H,12H2,(H3,24,25,26,27,28,29)/b23-15-/t18-/m0/s1. The van der Waals surface area contributed by atoms with Gasteiger partial charge in [-0.25, -0.2) is 5.43 Å². The number of hydrogen-bond donors (Lipinski definition) is 4.